The highest BCUT2D eigenvalue weighted by molar-refractivity contribution is 6.13. The molecule has 0 saturated heterocycles. The van der Waals surface area contributed by atoms with Crippen molar-refractivity contribution in [3.8, 4) is 66.8 Å². The summed E-state index contributed by atoms with van der Waals surface area (Å²) in [7, 11) is 0. The predicted octanol–water partition coefficient (Wildman–Crippen LogP) is 21.8. The SMILES string of the molecule is CC(C)(C)c1cccc(N(c2ccc3cc4c(cc3c2)-c2cc3cc(N(c5cccc(C(C)(C)C)c5)c5cc(-c6ccccc6)ccc5-c5ccccc5)ccc3cc2-4)c2cc(-c3ccccc3)ccc2-c2ccccc2)c1. The molecule has 376 valence electrons. The Kier molecular flexibility index (Phi) is 12.0. The van der Waals surface area contributed by atoms with E-state index in [1.165, 1.54) is 99.4 Å². The molecule has 1 aliphatic carbocycles. The van der Waals surface area contributed by atoms with Gasteiger partial charge in [-0.1, -0.05) is 224 Å². The summed E-state index contributed by atoms with van der Waals surface area (Å²) in [4.78, 5) is 4.96. The van der Waals surface area contributed by atoms with Gasteiger partial charge in [-0.3, -0.25) is 0 Å². The second-order valence-electron chi connectivity index (χ2n) is 23.1. The zero-order valence-corrected chi connectivity index (χ0v) is 45.3. The Hall–Kier alpha value is -9.24. The lowest BCUT2D eigenvalue weighted by Gasteiger charge is -2.31. The minimum atomic E-state index is -0.0337. The van der Waals surface area contributed by atoms with Crippen LogP contribution in [0, 0.1) is 0 Å². The normalized spacial score (nSPS) is 12.0. The average molecular weight is 1000 g/mol. The third-order valence-electron chi connectivity index (χ3n) is 15.8. The summed E-state index contributed by atoms with van der Waals surface area (Å²) >= 11 is 0. The van der Waals surface area contributed by atoms with Gasteiger partial charge in [0.1, 0.15) is 0 Å². The lowest BCUT2D eigenvalue weighted by molar-refractivity contribution is 0.590. The molecule has 78 heavy (non-hydrogen) atoms. The summed E-state index contributed by atoms with van der Waals surface area (Å²) in [6.07, 6.45) is 0. The van der Waals surface area contributed by atoms with E-state index in [9.17, 15) is 0 Å². The summed E-state index contributed by atoms with van der Waals surface area (Å²) in [5.41, 5.74) is 23.9. The summed E-state index contributed by atoms with van der Waals surface area (Å²) in [6, 6.07) is 99.0. The molecule has 0 heterocycles. The number of rotatable bonds is 10. The molecule has 0 aliphatic heterocycles. The molecule has 1 aliphatic rings. The van der Waals surface area contributed by atoms with Crippen molar-refractivity contribution >= 4 is 55.7 Å². The van der Waals surface area contributed by atoms with Gasteiger partial charge in [-0.2, -0.15) is 0 Å². The van der Waals surface area contributed by atoms with E-state index in [-0.39, 0.29) is 10.8 Å². The molecule has 12 aromatic carbocycles. The Morgan fingerprint density at radius 3 is 0.910 bits per heavy atom. The van der Waals surface area contributed by atoms with Gasteiger partial charge in [0.25, 0.3) is 0 Å². The second-order valence-corrected chi connectivity index (χ2v) is 23.1. The number of nitrogens with zero attached hydrogens (tertiary/aromatic N) is 2. The van der Waals surface area contributed by atoms with E-state index >= 15 is 0 Å². The predicted molar refractivity (Wildman–Crippen MR) is 334 cm³/mol. The van der Waals surface area contributed by atoms with Crippen LogP contribution in [0.4, 0.5) is 34.1 Å². The maximum absolute atomic E-state index is 2.48. The fourth-order valence-electron chi connectivity index (χ4n) is 11.5. The lowest BCUT2D eigenvalue weighted by atomic mass is 9.78. The van der Waals surface area contributed by atoms with Crippen LogP contribution in [0.1, 0.15) is 52.7 Å². The number of hydrogen-bond donors (Lipinski definition) is 0. The first-order valence-corrected chi connectivity index (χ1v) is 27.4. The standard InChI is InChI=1S/C76H62N2/c1-75(2,3)61-29-19-31-63(49-61)77(73-47-57(51-21-11-7-12-22-51)35-39-67(73)53-25-15-9-16-26-53)65-37-33-55-43-69-70-44-56-34-38-66(42-60(56)46-72(70)71(69)45-59(55)41-65)78(64-32-20-30-62(50-64)76(4,5)6)74-48-58(52-23-13-8-14-24-52)36-40-68(74)54-27-17-10-18-28-54/h7-50H,1-6H3. The van der Waals surface area contributed by atoms with E-state index in [4.69, 9.17) is 0 Å². The van der Waals surface area contributed by atoms with Crippen molar-refractivity contribution in [1.82, 2.24) is 0 Å². The van der Waals surface area contributed by atoms with Gasteiger partial charge in [0.05, 0.1) is 11.4 Å². The molecule has 0 unspecified atom stereocenters. The third-order valence-corrected chi connectivity index (χ3v) is 15.8. The van der Waals surface area contributed by atoms with Gasteiger partial charge < -0.3 is 9.80 Å². The van der Waals surface area contributed by atoms with Gasteiger partial charge in [-0.05, 0) is 184 Å². The van der Waals surface area contributed by atoms with Gasteiger partial charge in [-0.25, -0.2) is 0 Å². The first kappa shape index (κ1) is 48.4. The zero-order valence-electron chi connectivity index (χ0n) is 45.3. The zero-order chi connectivity index (χ0) is 53.1. The van der Waals surface area contributed by atoms with E-state index in [1.807, 2.05) is 0 Å². The van der Waals surface area contributed by atoms with E-state index in [0.29, 0.717) is 0 Å². The van der Waals surface area contributed by atoms with E-state index in [1.54, 1.807) is 0 Å². The molecule has 0 radical (unpaired) electrons. The highest BCUT2D eigenvalue weighted by Gasteiger charge is 2.27. The molecule has 2 heteroatoms. The molecular formula is C76H62N2. The van der Waals surface area contributed by atoms with Crippen LogP contribution >= 0.6 is 0 Å². The number of hydrogen-bond acceptors (Lipinski definition) is 2. The topological polar surface area (TPSA) is 6.48 Å². The van der Waals surface area contributed by atoms with Crippen molar-refractivity contribution in [1.29, 1.82) is 0 Å². The van der Waals surface area contributed by atoms with E-state index < -0.39 is 0 Å². The molecule has 0 fully saturated rings. The summed E-state index contributed by atoms with van der Waals surface area (Å²) in [5.74, 6) is 0. The van der Waals surface area contributed by atoms with Crippen LogP contribution in [-0.2, 0) is 10.8 Å². The van der Waals surface area contributed by atoms with Gasteiger partial charge in [-0.15, -0.1) is 0 Å². The van der Waals surface area contributed by atoms with Crippen LogP contribution in [0.5, 0.6) is 0 Å². The second kappa shape index (κ2) is 19.4. The molecule has 13 rings (SSSR count). The van der Waals surface area contributed by atoms with Crippen molar-refractivity contribution < 1.29 is 0 Å². The minimum Gasteiger partial charge on any atom is -0.310 e. The van der Waals surface area contributed by atoms with Crippen molar-refractivity contribution in [3.63, 3.8) is 0 Å². The molecular weight excluding hydrogens is 941 g/mol. The summed E-state index contributed by atoms with van der Waals surface area (Å²) < 4.78 is 0. The highest BCUT2D eigenvalue weighted by Crippen LogP contribution is 2.53. The van der Waals surface area contributed by atoms with Gasteiger partial charge in [0.15, 0.2) is 0 Å². The van der Waals surface area contributed by atoms with Crippen molar-refractivity contribution in [3.05, 3.63) is 278 Å². The summed E-state index contributed by atoms with van der Waals surface area (Å²) in [6.45, 7) is 13.8. The Balaban J connectivity index is 0.955. The first-order chi connectivity index (χ1) is 37.9. The Bertz CT molecular complexity index is 3930. The van der Waals surface area contributed by atoms with Crippen LogP contribution in [0.3, 0.4) is 0 Å². The molecule has 0 bridgehead atoms. The number of anilines is 6. The maximum atomic E-state index is 2.48. The molecule has 0 spiro atoms. The smallest absolute Gasteiger partial charge is 0.0546 e. The quantitative estimate of drug-likeness (QED) is 0.135. The maximum Gasteiger partial charge on any atom is 0.0546 e. The van der Waals surface area contributed by atoms with E-state index in [2.05, 4.69) is 318 Å². The van der Waals surface area contributed by atoms with Crippen molar-refractivity contribution in [2.24, 2.45) is 0 Å². The van der Waals surface area contributed by atoms with Crippen LogP contribution in [0.25, 0.3) is 88.3 Å². The average Bonchev–Trinajstić information content (AvgIpc) is 3.62. The lowest BCUT2D eigenvalue weighted by Crippen LogP contribution is -2.15. The molecule has 2 nitrogen and oxygen atoms in total. The van der Waals surface area contributed by atoms with Gasteiger partial charge in [0.2, 0.25) is 0 Å². The molecule has 0 N–H and O–H groups in total. The van der Waals surface area contributed by atoms with Crippen molar-refractivity contribution in [2.75, 3.05) is 9.80 Å². The fourth-order valence-corrected chi connectivity index (χ4v) is 11.5. The number of benzene rings is 12. The Morgan fingerprint density at radius 1 is 0.218 bits per heavy atom. The van der Waals surface area contributed by atoms with Gasteiger partial charge in [0, 0.05) is 33.9 Å². The fraction of sp³-hybridized carbons (Fsp3) is 0.105. The van der Waals surface area contributed by atoms with Crippen LogP contribution in [0.15, 0.2) is 267 Å². The van der Waals surface area contributed by atoms with Gasteiger partial charge >= 0.3 is 0 Å². The molecule has 0 aromatic heterocycles. The third kappa shape index (κ3) is 9.03. The Morgan fingerprint density at radius 2 is 0.551 bits per heavy atom. The highest BCUT2D eigenvalue weighted by atomic mass is 15.2. The van der Waals surface area contributed by atoms with Crippen molar-refractivity contribution in [2.45, 2.75) is 52.4 Å². The van der Waals surface area contributed by atoms with Crippen LogP contribution < -0.4 is 9.80 Å². The summed E-state index contributed by atoms with van der Waals surface area (Å²) in [5, 5.41) is 4.87. The molecule has 12 aromatic rings. The van der Waals surface area contributed by atoms with Crippen LogP contribution in [-0.4, -0.2) is 0 Å². The first-order valence-electron chi connectivity index (χ1n) is 27.4. The van der Waals surface area contributed by atoms with E-state index in [0.717, 1.165) is 34.1 Å². The molecule has 0 saturated carbocycles. The molecule has 0 amide bonds. The van der Waals surface area contributed by atoms with Crippen LogP contribution in [0.2, 0.25) is 0 Å². The monoisotopic (exact) mass is 1000 g/mol. The Labute approximate surface area is 460 Å². The minimum absolute atomic E-state index is 0.0337. The number of fused-ring (bicyclic) bond motifs is 6. The largest absolute Gasteiger partial charge is 0.310 e. The molecule has 0 atom stereocenters.